The summed E-state index contributed by atoms with van der Waals surface area (Å²) in [5.74, 6) is 0. The highest BCUT2D eigenvalue weighted by atomic mass is 31.2. The monoisotopic (exact) mass is 294 g/mol. The fourth-order valence-electron chi connectivity index (χ4n) is 0.476. The van der Waals surface area contributed by atoms with Crippen molar-refractivity contribution in [2.45, 2.75) is 18.3 Å². The van der Waals surface area contributed by atoms with Gasteiger partial charge in [0.15, 0.2) is 10.6 Å². The molecule has 100 valence electrons. The van der Waals surface area contributed by atoms with Gasteiger partial charge in [0, 0.05) is 9.13 Å². The molecule has 0 aromatic carbocycles. The summed E-state index contributed by atoms with van der Waals surface area (Å²) in [5.41, 5.74) is 0. The first-order chi connectivity index (χ1) is 7.76. The average Bonchev–Trinajstić information content (AvgIpc) is 2.24. The molecule has 17 heavy (non-hydrogen) atoms. The SMILES string of the molecule is O=CC(O)C(O)C(O)CO.O=[P+](O)O[P+](=O)O. The molecule has 5 atom stereocenters. The molecule has 12 heteroatoms. The number of carbonyl (C=O) groups excluding carboxylic acids is 1. The van der Waals surface area contributed by atoms with Crippen molar-refractivity contribution in [3.8, 4) is 0 Å². The van der Waals surface area contributed by atoms with Crippen LogP contribution < -0.4 is 0 Å². The van der Waals surface area contributed by atoms with Crippen LogP contribution in [0.25, 0.3) is 0 Å². The molecule has 0 fully saturated rings. The summed E-state index contributed by atoms with van der Waals surface area (Å²) in [6.07, 6.45) is -4.63. The van der Waals surface area contributed by atoms with Crippen molar-refractivity contribution in [3.05, 3.63) is 0 Å². The van der Waals surface area contributed by atoms with Crippen molar-refractivity contribution in [1.82, 2.24) is 0 Å². The predicted molar refractivity (Wildman–Crippen MR) is 51.9 cm³/mol. The first-order valence-electron chi connectivity index (χ1n) is 3.87. The van der Waals surface area contributed by atoms with Gasteiger partial charge < -0.3 is 25.2 Å². The molecule has 0 heterocycles. The number of hydrogen-bond donors (Lipinski definition) is 6. The highest BCUT2D eigenvalue weighted by molar-refractivity contribution is 7.46. The Labute approximate surface area is 97.0 Å². The lowest BCUT2D eigenvalue weighted by molar-refractivity contribution is -0.127. The van der Waals surface area contributed by atoms with Crippen LogP contribution in [0.15, 0.2) is 0 Å². The van der Waals surface area contributed by atoms with E-state index in [1.165, 1.54) is 0 Å². The first-order valence-corrected chi connectivity index (χ1v) is 6.13. The highest BCUT2D eigenvalue weighted by Crippen LogP contribution is 2.30. The molecule has 0 bridgehead atoms. The third-order valence-corrected chi connectivity index (χ3v) is 2.33. The molecular weight excluding hydrogens is 282 g/mol. The number of aldehydes is 1. The molecule has 0 aromatic rings. The summed E-state index contributed by atoms with van der Waals surface area (Å²) < 4.78 is 22.2. The Hall–Kier alpha value is -0.410. The Morgan fingerprint density at radius 1 is 1.12 bits per heavy atom. The maximum Gasteiger partial charge on any atom is 0.745 e. The Morgan fingerprint density at radius 3 is 1.71 bits per heavy atom. The van der Waals surface area contributed by atoms with Crippen molar-refractivity contribution >= 4 is 22.8 Å². The van der Waals surface area contributed by atoms with Crippen LogP contribution >= 0.6 is 16.5 Å². The van der Waals surface area contributed by atoms with Gasteiger partial charge in [0.2, 0.25) is 0 Å². The van der Waals surface area contributed by atoms with Gasteiger partial charge in [-0.1, -0.05) is 0 Å². The third-order valence-electron chi connectivity index (χ3n) is 1.21. The summed E-state index contributed by atoms with van der Waals surface area (Å²) >= 11 is 0. The van der Waals surface area contributed by atoms with Crippen LogP contribution in [0.2, 0.25) is 0 Å². The standard InChI is InChI=1S/C5H10O5.O5P2/c6-1-3(8)5(10)4(9)2-7;1-6(2)5-7(3)4/h1,3-5,7-10H,2H2;/p+2. The molecule has 0 aliphatic heterocycles. The normalized spacial score (nSPS) is 17.1. The van der Waals surface area contributed by atoms with E-state index in [9.17, 15) is 13.9 Å². The van der Waals surface area contributed by atoms with E-state index in [1.54, 1.807) is 0 Å². The maximum atomic E-state index is 9.76. The van der Waals surface area contributed by atoms with Gasteiger partial charge >= 0.3 is 16.5 Å². The molecule has 0 amide bonds. The molecule has 6 N–H and O–H groups in total. The number of carbonyl (C=O) groups is 1. The minimum atomic E-state index is -2.92. The van der Waals surface area contributed by atoms with Crippen LogP contribution in [0.3, 0.4) is 0 Å². The van der Waals surface area contributed by atoms with Gasteiger partial charge in [-0.3, -0.25) is 0 Å². The lowest BCUT2D eigenvalue weighted by Crippen LogP contribution is -2.40. The zero-order valence-corrected chi connectivity index (χ0v) is 10.0. The number of rotatable bonds is 6. The summed E-state index contributed by atoms with van der Waals surface area (Å²) in [6.45, 7) is -0.688. The van der Waals surface area contributed by atoms with E-state index in [4.69, 9.17) is 30.2 Å². The first kappa shape index (κ1) is 18.9. The topological polar surface area (TPSA) is 182 Å². The van der Waals surface area contributed by atoms with Crippen LogP contribution in [-0.2, 0) is 18.2 Å². The molecule has 0 aliphatic rings. The zero-order chi connectivity index (χ0) is 14.0. The van der Waals surface area contributed by atoms with Crippen LogP contribution in [-0.4, -0.2) is 61.4 Å². The molecule has 0 spiro atoms. The number of hydrogen-bond acceptors (Lipinski definition) is 8. The van der Waals surface area contributed by atoms with Crippen LogP contribution in [0.4, 0.5) is 0 Å². The molecule has 0 aromatic heterocycles. The van der Waals surface area contributed by atoms with E-state index in [0.29, 0.717) is 0 Å². The van der Waals surface area contributed by atoms with Gasteiger partial charge in [-0.2, -0.15) is 0 Å². The highest BCUT2D eigenvalue weighted by Gasteiger charge is 2.31. The van der Waals surface area contributed by atoms with E-state index in [2.05, 4.69) is 4.31 Å². The van der Waals surface area contributed by atoms with E-state index < -0.39 is 41.4 Å². The number of aliphatic hydroxyl groups excluding tert-OH is 4. The van der Waals surface area contributed by atoms with Crippen molar-refractivity contribution < 1.29 is 48.4 Å². The molecule has 0 aliphatic carbocycles. The molecule has 0 saturated carbocycles. The molecule has 0 saturated heterocycles. The van der Waals surface area contributed by atoms with Crippen molar-refractivity contribution in [3.63, 3.8) is 0 Å². The summed E-state index contributed by atoms with van der Waals surface area (Å²) in [4.78, 5) is 25.1. The average molecular weight is 294 g/mol. The van der Waals surface area contributed by atoms with Gasteiger partial charge in [-0.15, -0.1) is 9.79 Å². The molecule has 0 rings (SSSR count). The van der Waals surface area contributed by atoms with E-state index in [-0.39, 0.29) is 6.29 Å². The lowest BCUT2D eigenvalue weighted by atomic mass is 10.1. The largest absolute Gasteiger partial charge is 0.745 e. The second-order valence-corrected chi connectivity index (χ2v) is 4.03. The van der Waals surface area contributed by atoms with E-state index in [0.717, 1.165) is 0 Å². The third kappa shape index (κ3) is 11.8. The fraction of sp³-hybridized carbons (Fsp3) is 0.800. The van der Waals surface area contributed by atoms with E-state index >= 15 is 0 Å². The van der Waals surface area contributed by atoms with Crippen LogP contribution in [0.1, 0.15) is 0 Å². The Balaban J connectivity index is 0. The molecular formula is C5H12O10P2+2. The van der Waals surface area contributed by atoms with Gasteiger partial charge in [-0.05, 0) is 0 Å². The van der Waals surface area contributed by atoms with E-state index in [1.807, 2.05) is 0 Å². The van der Waals surface area contributed by atoms with Crippen molar-refractivity contribution in [1.29, 1.82) is 0 Å². The maximum absolute atomic E-state index is 9.76. The van der Waals surface area contributed by atoms with Gasteiger partial charge in [0.25, 0.3) is 0 Å². The van der Waals surface area contributed by atoms with Gasteiger partial charge in [-0.25, -0.2) is 0 Å². The van der Waals surface area contributed by atoms with Crippen molar-refractivity contribution in [2.75, 3.05) is 6.61 Å². The summed E-state index contributed by atoms with van der Waals surface area (Å²) in [6, 6.07) is 0. The minimum Gasteiger partial charge on any atom is -0.394 e. The molecule has 5 unspecified atom stereocenters. The second kappa shape index (κ2) is 10.7. The Morgan fingerprint density at radius 2 is 1.53 bits per heavy atom. The van der Waals surface area contributed by atoms with Gasteiger partial charge in [0.05, 0.1) is 6.61 Å². The minimum absolute atomic E-state index is 0.0869. The van der Waals surface area contributed by atoms with Crippen LogP contribution in [0, 0.1) is 0 Å². The Bertz CT molecular complexity index is 245. The fourth-order valence-corrected chi connectivity index (χ4v) is 0.954. The zero-order valence-electron chi connectivity index (χ0n) is 8.23. The lowest BCUT2D eigenvalue weighted by Gasteiger charge is -2.16. The molecule has 0 radical (unpaired) electrons. The number of aliphatic hydroxyl groups is 4. The quantitative estimate of drug-likeness (QED) is 0.227. The predicted octanol–water partition coefficient (Wildman–Crippen LogP) is -2.44. The second-order valence-electron chi connectivity index (χ2n) is 2.42. The smallest absolute Gasteiger partial charge is 0.394 e. The summed E-state index contributed by atoms with van der Waals surface area (Å²) in [5, 5.41) is 34.1. The van der Waals surface area contributed by atoms with Crippen LogP contribution in [0.5, 0.6) is 0 Å². The molecule has 10 nitrogen and oxygen atoms in total. The van der Waals surface area contributed by atoms with Crippen molar-refractivity contribution in [2.24, 2.45) is 0 Å². The summed E-state index contributed by atoms with van der Waals surface area (Å²) in [7, 11) is -5.85. The van der Waals surface area contributed by atoms with Gasteiger partial charge in [0.1, 0.15) is 18.3 Å². The Kier molecular flexibility index (Phi) is 12.0.